The van der Waals surface area contributed by atoms with E-state index in [0.29, 0.717) is 6.54 Å². The number of nitrogens with zero attached hydrogens (tertiary/aromatic N) is 1. The van der Waals surface area contributed by atoms with E-state index in [1.807, 2.05) is 62.5 Å². The van der Waals surface area contributed by atoms with Crippen LogP contribution in [0.4, 0.5) is 5.69 Å². The summed E-state index contributed by atoms with van der Waals surface area (Å²) >= 11 is 0. The molecule has 2 unspecified atom stereocenters. The number of para-hydroxylation sites is 1. The van der Waals surface area contributed by atoms with Crippen LogP contribution in [0.1, 0.15) is 18.5 Å². The molecule has 2 aromatic rings. The monoisotopic (exact) mass is 311 g/mol. The molecule has 2 aromatic carbocycles. The molecule has 2 rings (SSSR count). The predicted octanol–water partition coefficient (Wildman–Crippen LogP) is 2.58. The molecule has 2 atom stereocenters. The van der Waals surface area contributed by atoms with E-state index in [2.05, 4.69) is 22.3 Å². The van der Waals surface area contributed by atoms with Gasteiger partial charge in [-0.1, -0.05) is 55.5 Å². The highest BCUT2D eigenvalue weighted by atomic mass is 16.1. The van der Waals surface area contributed by atoms with E-state index in [1.54, 1.807) is 0 Å². The Morgan fingerprint density at radius 1 is 1.09 bits per heavy atom. The Hall–Kier alpha value is -2.33. The first-order chi connectivity index (χ1) is 11.1. The summed E-state index contributed by atoms with van der Waals surface area (Å²) in [5.74, 6) is -0.276. The highest BCUT2D eigenvalue weighted by molar-refractivity contribution is 5.79. The molecule has 122 valence electrons. The van der Waals surface area contributed by atoms with E-state index in [1.165, 1.54) is 0 Å². The zero-order chi connectivity index (χ0) is 16.7. The lowest BCUT2D eigenvalue weighted by Gasteiger charge is -2.22. The Morgan fingerprint density at radius 3 is 2.26 bits per heavy atom. The standard InChI is InChI=1S/C19H25N3O/c1-15(18(20)16-9-5-3-6-10-16)19(23)21-13-14-22(2)17-11-7-4-8-12-17/h3-12,15,18H,13-14,20H2,1-2H3,(H,21,23). The van der Waals surface area contributed by atoms with Crippen molar-refractivity contribution in [3.63, 3.8) is 0 Å². The molecule has 0 aliphatic carbocycles. The summed E-state index contributed by atoms with van der Waals surface area (Å²) in [6, 6.07) is 19.6. The van der Waals surface area contributed by atoms with Crippen molar-refractivity contribution in [1.29, 1.82) is 0 Å². The van der Waals surface area contributed by atoms with Gasteiger partial charge in [-0.15, -0.1) is 0 Å². The molecule has 23 heavy (non-hydrogen) atoms. The molecule has 0 saturated heterocycles. The maximum atomic E-state index is 12.3. The molecule has 0 spiro atoms. The number of likely N-dealkylation sites (N-methyl/N-ethyl adjacent to an activating group) is 1. The number of benzene rings is 2. The van der Waals surface area contributed by atoms with Crippen LogP contribution in [0.15, 0.2) is 60.7 Å². The Kier molecular flexibility index (Phi) is 6.18. The summed E-state index contributed by atoms with van der Waals surface area (Å²) in [7, 11) is 2.01. The topological polar surface area (TPSA) is 58.4 Å². The summed E-state index contributed by atoms with van der Waals surface area (Å²) < 4.78 is 0. The van der Waals surface area contributed by atoms with Crippen LogP contribution in [-0.2, 0) is 4.79 Å². The molecule has 1 amide bonds. The van der Waals surface area contributed by atoms with Crippen LogP contribution in [0.25, 0.3) is 0 Å². The molecule has 0 radical (unpaired) electrons. The molecule has 0 bridgehead atoms. The lowest BCUT2D eigenvalue weighted by molar-refractivity contribution is -0.125. The number of carbonyl (C=O) groups is 1. The molecule has 0 aliphatic heterocycles. The highest BCUT2D eigenvalue weighted by Gasteiger charge is 2.21. The van der Waals surface area contributed by atoms with Gasteiger partial charge in [0, 0.05) is 31.9 Å². The van der Waals surface area contributed by atoms with Crippen LogP contribution < -0.4 is 16.0 Å². The van der Waals surface area contributed by atoms with Gasteiger partial charge in [0.15, 0.2) is 0 Å². The quantitative estimate of drug-likeness (QED) is 0.826. The number of anilines is 1. The van der Waals surface area contributed by atoms with Gasteiger partial charge in [-0.05, 0) is 17.7 Å². The summed E-state index contributed by atoms with van der Waals surface area (Å²) in [5, 5.41) is 2.97. The zero-order valence-electron chi connectivity index (χ0n) is 13.8. The second-order valence-corrected chi connectivity index (χ2v) is 5.77. The fourth-order valence-electron chi connectivity index (χ4n) is 2.45. The molecule has 0 aliphatic rings. The van der Waals surface area contributed by atoms with Gasteiger partial charge in [-0.3, -0.25) is 4.79 Å². The SMILES string of the molecule is CC(C(=O)NCCN(C)c1ccccc1)C(N)c1ccccc1. The maximum absolute atomic E-state index is 12.3. The molecule has 4 heteroatoms. The third-order valence-corrected chi connectivity index (χ3v) is 4.08. The van der Waals surface area contributed by atoms with Crippen LogP contribution in [0.2, 0.25) is 0 Å². The Balaban J connectivity index is 1.80. The number of hydrogen-bond donors (Lipinski definition) is 2. The minimum Gasteiger partial charge on any atom is -0.373 e. The number of amides is 1. The number of hydrogen-bond acceptors (Lipinski definition) is 3. The van der Waals surface area contributed by atoms with Crippen molar-refractivity contribution < 1.29 is 4.79 Å². The smallest absolute Gasteiger partial charge is 0.224 e. The largest absolute Gasteiger partial charge is 0.373 e. The second-order valence-electron chi connectivity index (χ2n) is 5.77. The lowest BCUT2D eigenvalue weighted by atomic mass is 9.95. The highest BCUT2D eigenvalue weighted by Crippen LogP contribution is 2.19. The summed E-state index contributed by atoms with van der Waals surface area (Å²) in [4.78, 5) is 14.4. The third-order valence-electron chi connectivity index (χ3n) is 4.08. The molecule has 0 fully saturated rings. The van der Waals surface area contributed by atoms with Gasteiger partial charge in [0.05, 0.1) is 5.92 Å². The van der Waals surface area contributed by atoms with E-state index < -0.39 is 0 Å². The Morgan fingerprint density at radius 2 is 1.65 bits per heavy atom. The second kappa shape index (κ2) is 8.34. The molecule has 4 nitrogen and oxygen atoms in total. The van der Waals surface area contributed by atoms with Gasteiger partial charge in [0.2, 0.25) is 5.91 Å². The Bertz CT molecular complexity index is 601. The number of rotatable bonds is 7. The molecular weight excluding hydrogens is 286 g/mol. The van der Waals surface area contributed by atoms with E-state index in [-0.39, 0.29) is 17.9 Å². The molecule has 3 N–H and O–H groups in total. The van der Waals surface area contributed by atoms with E-state index in [4.69, 9.17) is 5.73 Å². The Labute approximate surface area is 138 Å². The van der Waals surface area contributed by atoms with Crippen molar-refractivity contribution in [2.24, 2.45) is 11.7 Å². The summed E-state index contributed by atoms with van der Waals surface area (Å²) in [6.07, 6.45) is 0. The molecular formula is C19H25N3O. The summed E-state index contributed by atoms with van der Waals surface area (Å²) in [5.41, 5.74) is 8.31. The van der Waals surface area contributed by atoms with Gasteiger partial charge in [-0.25, -0.2) is 0 Å². The fourth-order valence-corrected chi connectivity index (χ4v) is 2.45. The average Bonchev–Trinajstić information content (AvgIpc) is 2.61. The van der Waals surface area contributed by atoms with Crippen LogP contribution in [0.3, 0.4) is 0 Å². The number of carbonyl (C=O) groups excluding carboxylic acids is 1. The maximum Gasteiger partial charge on any atom is 0.224 e. The molecule has 0 heterocycles. The van der Waals surface area contributed by atoms with Gasteiger partial charge in [0.25, 0.3) is 0 Å². The average molecular weight is 311 g/mol. The minimum atomic E-state index is -0.289. The van der Waals surface area contributed by atoms with Crippen molar-refractivity contribution in [2.45, 2.75) is 13.0 Å². The van der Waals surface area contributed by atoms with E-state index in [9.17, 15) is 4.79 Å². The van der Waals surface area contributed by atoms with E-state index in [0.717, 1.165) is 17.8 Å². The van der Waals surface area contributed by atoms with Crippen molar-refractivity contribution in [3.8, 4) is 0 Å². The van der Waals surface area contributed by atoms with Crippen LogP contribution in [0.5, 0.6) is 0 Å². The van der Waals surface area contributed by atoms with Crippen molar-refractivity contribution in [1.82, 2.24) is 5.32 Å². The summed E-state index contributed by atoms with van der Waals surface area (Å²) in [6.45, 7) is 3.22. The number of nitrogens with one attached hydrogen (secondary N) is 1. The van der Waals surface area contributed by atoms with Gasteiger partial charge in [-0.2, -0.15) is 0 Å². The van der Waals surface area contributed by atoms with Crippen LogP contribution in [0, 0.1) is 5.92 Å². The normalized spacial score (nSPS) is 13.2. The van der Waals surface area contributed by atoms with E-state index >= 15 is 0 Å². The first kappa shape index (κ1) is 17.0. The molecule has 0 saturated carbocycles. The number of nitrogens with two attached hydrogens (primary N) is 1. The minimum absolute atomic E-state index is 0.0113. The van der Waals surface area contributed by atoms with Crippen molar-refractivity contribution in [2.75, 3.05) is 25.0 Å². The molecule has 0 aromatic heterocycles. The van der Waals surface area contributed by atoms with Crippen LogP contribution >= 0.6 is 0 Å². The fraction of sp³-hybridized carbons (Fsp3) is 0.316. The zero-order valence-corrected chi connectivity index (χ0v) is 13.8. The van der Waals surface area contributed by atoms with Crippen molar-refractivity contribution >= 4 is 11.6 Å². The van der Waals surface area contributed by atoms with Gasteiger partial charge >= 0.3 is 0 Å². The van der Waals surface area contributed by atoms with Crippen molar-refractivity contribution in [3.05, 3.63) is 66.2 Å². The van der Waals surface area contributed by atoms with Gasteiger partial charge in [0.1, 0.15) is 0 Å². The lowest BCUT2D eigenvalue weighted by Crippen LogP contribution is -2.39. The first-order valence-electron chi connectivity index (χ1n) is 7.94. The first-order valence-corrected chi connectivity index (χ1v) is 7.94. The van der Waals surface area contributed by atoms with Gasteiger partial charge < -0.3 is 16.0 Å². The predicted molar refractivity (Wildman–Crippen MR) is 95.3 cm³/mol. The van der Waals surface area contributed by atoms with Crippen LogP contribution in [-0.4, -0.2) is 26.0 Å². The third kappa shape index (κ3) is 4.83.